The number of hydrogen-bond donors (Lipinski definition) is 0. The minimum Gasteiger partial charge on any atom is -0.497 e. The number of rotatable bonds is 5. The third-order valence-electron chi connectivity index (χ3n) is 1.86. The van der Waals surface area contributed by atoms with Crippen LogP contribution < -0.4 is 9.64 Å². The van der Waals surface area contributed by atoms with Crippen LogP contribution in [0.25, 0.3) is 0 Å². The fourth-order valence-corrected chi connectivity index (χ4v) is 1.12. The lowest BCUT2D eigenvalue weighted by atomic mass is 10.3. The molecule has 0 radical (unpaired) electrons. The molecule has 1 amide bonds. The number of anilines is 1. The molecule has 0 aliphatic carbocycles. The molecule has 0 heterocycles. The van der Waals surface area contributed by atoms with Crippen molar-refractivity contribution in [2.75, 3.05) is 18.6 Å². The maximum absolute atomic E-state index is 10.7. The quantitative estimate of drug-likeness (QED) is 0.525. The molecule has 3 heteroatoms. The minimum absolute atomic E-state index is 0.510. The molecule has 0 saturated heterocycles. The molecule has 0 aliphatic heterocycles. The molecule has 1 aromatic rings. The van der Waals surface area contributed by atoms with Gasteiger partial charge in [0.25, 0.3) is 0 Å². The predicted molar refractivity (Wildman–Crippen MR) is 56.6 cm³/mol. The Labute approximate surface area is 83.6 Å². The van der Waals surface area contributed by atoms with Crippen molar-refractivity contribution in [3.05, 3.63) is 36.9 Å². The highest BCUT2D eigenvalue weighted by Gasteiger charge is 2.01. The van der Waals surface area contributed by atoms with Gasteiger partial charge in [-0.1, -0.05) is 6.08 Å². The van der Waals surface area contributed by atoms with Crippen molar-refractivity contribution >= 4 is 12.1 Å². The third-order valence-corrected chi connectivity index (χ3v) is 1.86. The van der Waals surface area contributed by atoms with E-state index in [9.17, 15) is 4.79 Å². The van der Waals surface area contributed by atoms with Gasteiger partial charge in [0.05, 0.1) is 7.11 Å². The smallest absolute Gasteiger partial charge is 0.214 e. The number of benzene rings is 1. The lowest BCUT2D eigenvalue weighted by Gasteiger charge is -2.15. The van der Waals surface area contributed by atoms with Gasteiger partial charge >= 0.3 is 0 Å². The molecule has 1 aromatic carbocycles. The van der Waals surface area contributed by atoms with E-state index in [0.29, 0.717) is 6.54 Å². The van der Waals surface area contributed by atoms with Crippen molar-refractivity contribution in [1.29, 1.82) is 0 Å². The van der Waals surface area contributed by atoms with Gasteiger partial charge in [-0.05, 0) is 24.3 Å². The summed E-state index contributed by atoms with van der Waals surface area (Å²) in [5.41, 5.74) is 0.834. The van der Waals surface area contributed by atoms with Gasteiger partial charge < -0.3 is 9.64 Å². The zero-order chi connectivity index (χ0) is 10.4. The minimum atomic E-state index is 0.510. The monoisotopic (exact) mass is 191 g/mol. The number of carbonyl (C=O) groups is 1. The number of carbonyl (C=O) groups excluding carboxylic acids is 1. The molecule has 74 valence electrons. The largest absolute Gasteiger partial charge is 0.497 e. The van der Waals surface area contributed by atoms with Crippen LogP contribution in [0.15, 0.2) is 36.9 Å². The second-order valence-electron chi connectivity index (χ2n) is 2.74. The number of methoxy groups -OCH3 is 1. The maximum atomic E-state index is 10.7. The number of ether oxygens (including phenoxy) is 1. The first-order valence-corrected chi connectivity index (χ1v) is 4.28. The van der Waals surface area contributed by atoms with Crippen LogP contribution in [0.5, 0.6) is 5.75 Å². The Morgan fingerprint density at radius 3 is 2.50 bits per heavy atom. The van der Waals surface area contributed by atoms with Crippen LogP contribution in [0.2, 0.25) is 0 Å². The van der Waals surface area contributed by atoms with E-state index in [0.717, 1.165) is 17.8 Å². The molecule has 0 fully saturated rings. The van der Waals surface area contributed by atoms with Gasteiger partial charge in [-0.3, -0.25) is 4.79 Å². The van der Waals surface area contributed by atoms with Crippen LogP contribution in [0, 0.1) is 0 Å². The number of hydrogen-bond acceptors (Lipinski definition) is 2. The molecule has 0 spiro atoms. The van der Waals surface area contributed by atoms with Crippen molar-refractivity contribution < 1.29 is 9.53 Å². The lowest BCUT2D eigenvalue weighted by Crippen LogP contribution is -2.20. The van der Waals surface area contributed by atoms with Gasteiger partial charge in [-0.25, -0.2) is 0 Å². The zero-order valence-corrected chi connectivity index (χ0v) is 8.14. The molecule has 0 unspecified atom stereocenters. The van der Waals surface area contributed by atoms with Gasteiger partial charge in [0, 0.05) is 12.2 Å². The number of nitrogens with zero attached hydrogens (tertiary/aromatic N) is 1. The molecule has 0 bridgehead atoms. The molecule has 1 rings (SSSR count). The molecule has 0 N–H and O–H groups in total. The van der Waals surface area contributed by atoms with Gasteiger partial charge in [-0.2, -0.15) is 0 Å². The topological polar surface area (TPSA) is 29.5 Å². The Kier molecular flexibility index (Phi) is 3.73. The maximum Gasteiger partial charge on any atom is 0.214 e. The summed E-state index contributed by atoms with van der Waals surface area (Å²) in [6.07, 6.45) is 2.46. The van der Waals surface area contributed by atoms with Crippen molar-refractivity contribution in [1.82, 2.24) is 0 Å². The Balaban J connectivity index is 2.82. The Morgan fingerprint density at radius 2 is 2.07 bits per heavy atom. The summed E-state index contributed by atoms with van der Waals surface area (Å²) in [6.45, 7) is 4.09. The summed E-state index contributed by atoms with van der Waals surface area (Å²) in [7, 11) is 1.61. The Morgan fingerprint density at radius 1 is 1.43 bits per heavy atom. The number of amides is 1. The molecule has 0 atom stereocenters. The highest BCUT2D eigenvalue weighted by molar-refractivity contribution is 5.75. The molecule has 0 aromatic heterocycles. The normalized spacial score (nSPS) is 9.21. The summed E-state index contributed by atoms with van der Waals surface area (Å²) >= 11 is 0. The van der Waals surface area contributed by atoms with Gasteiger partial charge in [0.15, 0.2) is 0 Å². The lowest BCUT2D eigenvalue weighted by molar-refractivity contribution is -0.107. The van der Waals surface area contributed by atoms with E-state index >= 15 is 0 Å². The van der Waals surface area contributed by atoms with E-state index in [-0.39, 0.29) is 0 Å². The average Bonchev–Trinajstić information content (AvgIpc) is 2.26. The van der Waals surface area contributed by atoms with Crippen LogP contribution in [0.3, 0.4) is 0 Å². The van der Waals surface area contributed by atoms with Gasteiger partial charge in [0.2, 0.25) is 6.41 Å². The fourth-order valence-electron chi connectivity index (χ4n) is 1.12. The highest BCUT2D eigenvalue weighted by Crippen LogP contribution is 2.17. The van der Waals surface area contributed by atoms with Crippen LogP contribution in [0.1, 0.15) is 0 Å². The van der Waals surface area contributed by atoms with E-state index in [2.05, 4.69) is 6.58 Å². The van der Waals surface area contributed by atoms with E-state index < -0.39 is 0 Å². The Bertz CT molecular complexity index is 306. The van der Waals surface area contributed by atoms with Crippen molar-refractivity contribution in [3.63, 3.8) is 0 Å². The Hall–Kier alpha value is -1.77. The predicted octanol–water partition coefficient (Wildman–Crippen LogP) is 1.84. The summed E-state index contributed by atoms with van der Waals surface area (Å²) < 4.78 is 5.02. The second-order valence-corrected chi connectivity index (χ2v) is 2.74. The molecule has 14 heavy (non-hydrogen) atoms. The first kappa shape index (κ1) is 10.3. The van der Waals surface area contributed by atoms with Crippen LogP contribution in [-0.2, 0) is 4.79 Å². The summed E-state index contributed by atoms with van der Waals surface area (Å²) in [6, 6.07) is 7.29. The van der Waals surface area contributed by atoms with E-state index in [1.165, 1.54) is 0 Å². The molecule has 0 aliphatic rings. The van der Waals surface area contributed by atoms with Crippen molar-refractivity contribution in [3.8, 4) is 5.75 Å². The van der Waals surface area contributed by atoms with Gasteiger partial charge in [-0.15, -0.1) is 6.58 Å². The average molecular weight is 191 g/mol. The highest BCUT2D eigenvalue weighted by atomic mass is 16.5. The SMILES string of the molecule is C=CCN(C=O)c1ccc(OC)cc1. The molecule has 3 nitrogen and oxygen atoms in total. The van der Waals surface area contributed by atoms with E-state index in [1.54, 1.807) is 18.1 Å². The first-order chi connectivity index (χ1) is 6.81. The van der Waals surface area contributed by atoms with Gasteiger partial charge in [0.1, 0.15) is 5.75 Å². The van der Waals surface area contributed by atoms with Crippen LogP contribution in [0.4, 0.5) is 5.69 Å². The second kappa shape index (κ2) is 5.07. The first-order valence-electron chi connectivity index (χ1n) is 4.28. The van der Waals surface area contributed by atoms with Crippen molar-refractivity contribution in [2.24, 2.45) is 0 Å². The molecular weight excluding hydrogens is 178 g/mol. The van der Waals surface area contributed by atoms with Crippen LogP contribution in [-0.4, -0.2) is 20.1 Å². The van der Waals surface area contributed by atoms with Crippen LogP contribution >= 0.6 is 0 Å². The molecule has 0 saturated carbocycles. The van der Waals surface area contributed by atoms with Crippen molar-refractivity contribution in [2.45, 2.75) is 0 Å². The zero-order valence-electron chi connectivity index (χ0n) is 8.14. The van der Waals surface area contributed by atoms with E-state index in [4.69, 9.17) is 4.74 Å². The summed E-state index contributed by atoms with van der Waals surface area (Å²) in [5, 5.41) is 0. The summed E-state index contributed by atoms with van der Waals surface area (Å²) in [4.78, 5) is 12.3. The standard InChI is InChI=1S/C11H13NO2/c1-3-8-12(9-13)10-4-6-11(14-2)7-5-10/h3-7,9H,1,8H2,2H3. The van der Waals surface area contributed by atoms with E-state index in [1.807, 2.05) is 24.3 Å². The molecular formula is C11H13NO2. The summed E-state index contributed by atoms with van der Waals surface area (Å²) in [5.74, 6) is 0.776. The third kappa shape index (κ3) is 2.36. The fraction of sp³-hybridized carbons (Fsp3) is 0.182.